The van der Waals surface area contributed by atoms with Crippen molar-refractivity contribution in [2.24, 2.45) is 17.1 Å². The Kier molecular flexibility index (Phi) is 9.05. The summed E-state index contributed by atoms with van der Waals surface area (Å²) in [4.78, 5) is 19.0. The summed E-state index contributed by atoms with van der Waals surface area (Å²) in [6.45, 7) is 5.25. The Morgan fingerprint density at radius 1 is 1.45 bits per heavy atom. The smallest absolute Gasteiger partial charge is 0.237 e. The third kappa shape index (κ3) is 5.78. The quantitative estimate of drug-likeness (QED) is 0.706. The third-order valence-corrected chi connectivity index (χ3v) is 4.22. The highest BCUT2D eigenvalue weighted by atomic mass is 35.5. The number of amides is 1. The summed E-state index contributed by atoms with van der Waals surface area (Å²) in [6, 6.07) is -0.508. The molecular formula is C15H28Cl2N4O. The number of carbonyl (C=O) groups is 1. The molecule has 1 heterocycles. The van der Waals surface area contributed by atoms with Gasteiger partial charge in [0, 0.05) is 24.9 Å². The molecular weight excluding hydrogens is 323 g/mol. The first-order valence-corrected chi connectivity index (χ1v) is 7.51. The van der Waals surface area contributed by atoms with Gasteiger partial charge in [-0.15, -0.1) is 24.8 Å². The first kappa shape index (κ1) is 21.2. The van der Waals surface area contributed by atoms with E-state index in [0.29, 0.717) is 17.8 Å². The normalized spacial score (nSPS) is 16.9. The Hall–Kier alpha value is -0.780. The molecule has 5 nitrogen and oxygen atoms in total. The van der Waals surface area contributed by atoms with Gasteiger partial charge in [-0.1, -0.05) is 20.3 Å². The van der Waals surface area contributed by atoms with E-state index in [4.69, 9.17) is 5.73 Å². The molecule has 1 aromatic heterocycles. The van der Waals surface area contributed by atoms with Gasteiger partial charge in [-0.2, -0.15) is 0 Å². The van der Waals surface area contributed by atoms with Gasteiger partial charge in [-0.05, 0) is 30.6 Å². The molecule has 1 atom stereocenters. The fourth-order valence-electron chi connectivity index (χ4n) is 3.13. The molecule has 0 saturated heterocycles. The van der Waals surface area contributed by atoms with Crippen molar-refractivity contribution >= 4 is 30.7 Å². The fourth-order valence-corrected chi connectivity index (χ4v) is 3.13. The molecule has 1 amide bonds. The van der Waals surface area contributed by atoms with Crippen LogP contribution < -0.4 is 11.1 Å². The van der Waals surface area contributed by atoms with Gasteiger partial charge in [-0.3, -0.25) is 4.79 Å². The van der Waals surface area contributed by atoms with Crippen molar-refractivity contribution in [3.8, 4) is 0 Å². The molecule has 0 radical (unpaired) electrons. The summed E-state index contributed by atoms with van der Waals surface area (Å²) in [5.41, 5.74) is 7.15. The lowest BCUT2D eigenvalue weighted by molar-refractivity contribution is -0.123. The zero-order chi connectivity index (χ0) is 14.6. The number of nitrogens with zero attached hydrogens (tertiary/aromatic N) is 1. The van der Waals surface area contributed by atoms with Crippen molar-refractivity contribution < 1.29 is 4.79 Å². The Morgan fingerprint density at radius 2 is 2.14 bits per heavy atom. The molecule has 0 bridgehead atoms. The van der Waals surface area contributed by atoms with Crippen molar-refractivity contribution in [2.75, 3.05) is 6.54 Å². The number of aromatic amines is 1. The Morgan fingerprint density at radius 3 is 2.59 bits per heavy atom. The number of H-pyrrole nitrogens is 1. The molecule has 1 fully saturated rings. The van der Waals surface area contributed by atoms with E-state index in [9.17, 15) is 4.79 Å². The van der Waals surface area contributed by atoms with Crippen LogP contribution >= 0.6 is 24.8 Å². The standard InChI is InChI=1S/C15H26N4O.2ClH/c1-11(2)7-15(4-3-5-15)9-18-14(20)13(16)6-12-8-17-10-19-12;;/h8,10-11,13H,3-7,9,16H2,1-2H3,(H,17,19)(H,18,20);2*1H/t13-;;/m0../s1. The summed E-state index contributed by atoms with van der Waals surface area (Å²) < 4.78 is 0. The number of nitrogens with two attached hydrogens (primary N) is 1. The van der Waals surface area contributed by atoms with Crippen LogP contribution in [0.1, 0.15) is 45.2 Å². The lowest BCUT2D eigenvalue weighted by Crippen LogP contribution is -2.48. The highest BCUT2D eigenvalue weighted by molar-refractivity contribution is 5.85. The van der Waals surface area contributed by atoms with Crippen LogP contribution in [0.5, 0.6) is 0 Å². The molecule has 1 aliphatic rings. The minimum atomic E-state index is -0.508. The van der Waals surface area contributed by atoms with E-state index in [1.807, 2.05) is 0 Å². The average Bonchev–Trinajstić information content (AvgIpc) is 2.84. The van der Waals surface area contributed by atoms with E-state index in [-0.39, 0.29) is 30.7 Å². The molecule has 7 heteroatoms. The fraction of sp³-hybridized carbons (Fsp3) is 0.733. The van der Waals surface area contributed by atoms with Crippen LogP contribution in [0.4, 0.5) is 0 Å². The van der Waals surface area contributed by atoms with E-state index in [2.05, 4.69) is 29.1 Å². The van der Waals surface area contributed by atoms with Crippen LogP contribution in [0, 0.1) is 11.3 Å². The summed E-state index contributed by atoms with van der Waals surface area (Å²) in [5, 5.41) is 3.04. The van der Waals surface area contributed by atoms with E-state index in [1.165, 1.54) is 25.7 Å². The van der Waals surface area contributed by atoms with Crippen molar-refractivity contribution in [1.29, 1.82) is 0 Å². The topological polar surface area (TPSA) is 83.8 Å². The van der Waals surface area contributed by atoms with Gasteiger partial charge in [0.2, 0.25) is 5.91 Å². The van der Waals surface area contributed by atoms with Gasteiger partial charge in [0.25, 0.3) is 0 Å². The van der Waals surface area contributed by atoms with E-state index < -0.39 is 6.04 Å². The summed E-state index contributed by atoms with van der Waals surface area (Å²) in [7, 11) is 0. The Balaban J connectivity index is 0.00000220. The molecule has 128 valence electrons. The van der Waals surface area contributed by atoms with Gasteiger partial charge in [0.1, 0.15) is 0 Å². The van der Waals surface area contributed by atoms with Crippen LogP contribution in [-0.4, -0.2) is 28.5 Å². The van der Waals surface area contributed by atoms with Crippen LogP contribution in [0.15, 0.2) is 12.5 Å². The molecule has 0 unspecified atom stereocenters. The number of rotatable bonds is 7. The van der Waals surface area contributed by atoms with Gasteiger partial charge < -0.3 is 16.0 Å². The number of nitrogens with one attached hydrogen (secondary N) is 2. The molecule has 1 saturated carbocycles. The second-order valence-electron chi connectivity index (χ2n) is 6.56. The molecule has 2 rings (SSSR count). The minimum absolute atomic E-state index is 0. The number of imidazole rings is 1. The zero-order valence-corrected chi connectivity index (χ0v) is 14.9. The van der Waals surface area contributed by atoms with E-state index in [1.54, 1.807) is 12.5 Å². The summed E-state index contributed by atoms with van der Waals surface area (Å²) >= 11 is 0. The number of halogens is 2. The molecule has 4 N–H and O–H groups in total. The van der Waals surface area contributed by atoms with Crippen LogP contribution in [0.25, 0.3) is 0 Å². The average molecular weight is 351 g/mol. The molecule has 22 heavy (non-hydrogen) atoms. The zero-order valence-electron chi connectivity index (χ0n) is 13.3. The molecule has 1 aliphatic carbocycles. The maximum Gasteiger partial charge on any atom is 0.237 e. The lowest BCUT2D eigenvalue weighted by atomic mass is 9.64. The van der Waals surface area contributed by atoms with Gasteiger partial charge >= 0.3 is 0 Å². The highest BCUT2D eigenvalue weighted by Gasteiger charge is 2.37. The largest absolute Gasteiger partial charge is 0.354 e. The van der Waals surface area contributed by atoms with Crippen molar-refractivity contribution in [3.05, 3.63) is 18.2 Å². The predicted octanol–water partition coefficient (Wildman–Crippen LogP) is 2.46. The van der Waals surface area contributed by atoms with Crippen LogP contribution in [0.3, 0.4) is 0 Å². The second-order valence-corrected chi connectivity index (χ2v) is 6.56. The van der Waals surface area contributed by atoms with Crippen molar-refractivity contribution in [1.82, 2.24) is 15.3 Å². The van der Waals surface area contributed by atoms with E-state index >= 15 is 0 Å². The molecule has 0 aliphatic heterocycles. The van der Waals surface area contributed by atoms with Gasteiger partial charge in [0.05, 0.1) is 12.4 Å². The van der Waals surface area contributed by atoms with Crippen LogP contribution in [-0.2, 0) is 11.2 Å². The van der Waals surface area contributed by atoms with Gasteiger partial charge in [-0.25, -0.2) is 4.98 Å². The number of hydrogen-bond acceptors (Lipinski definition) is 3. The Bertz CT molecular complexity index is 433. The maximum atomic E-state index is 12.1. The first-order valence-electron chi connectivity index (χ1n) is 7.51. The predicted molar refractivity (Wildman–Crippen MR) is 93.5 cm³/mol. The summed E-state index contributed by atoms with van der Waals surface area (Å²) in [6.07, 6.45) is 8.72. The second kappa shape index (κ2) is 9.38. The molecule has 0 spiro atoms. The summed E-state index contributed by atoms with van der Waals surface area (Å²) in [5.74, 6) is 0.612. The highest BCUT2D eigenvalue weighted by Crippen LogP contribution is 2.45. The number of aromatic nitrogens is 2. The lowest BCUT2D eigenvalue weighted by Gasteiger charge is -2.43. The van der Waals surface area contributed by atoms with E-state index in [0.717, 1.165) is 12.2 Å². The monoisotopic (exact) mass is 350 g/mol. The number of carbonyl (C=O) groups excluding carboxylic acids is 1. The first-order chi connectivity index (χ1) is 9.51. The van der Waals surface area contributed by atoms with Crippen molar-refractivity contribution in [3.63, 3.8) is 0 Å². The SMILES string of the molecule is CC(C)CC1(CNC(=O)[C@@H](N)Cc2cnc[nH]2)CCC1.Cl.Cl. The van der Waals surface area contributed by atoms with Crippen LogP contribution in [0.2, 0.25) is 0 Å². The maximum absolute atomic E-state index is 12.1. The van der Waals surface area contributed by atoms with Gasteiger partial charge in [0.15, 0.2) is 0 Å². The van der Waals surface area contributed by atoms with Crippen molar-refractivity contribution in [2.45, 2.75) is 52.0 Å². The molecule has 0 aromatic carbocycles. The molecule has 1 aromatic rings. The third-order valence-electron chi connectivity index (χ3n) is 4.22. The number of hydrogen-bond donors (Lipinski definition) is 3. The Labute approximate surface area is 145 Å². The minimum Gasteiger partial charge on any atom is -0.354 e.